The van der Waals surface area contributed by atoms with Gasteiger partial charge in [0.2, 0.25) is 0 Å². The van der Waals surface area contributed by atoms with E-state index in [0.29, 0.717) is 18.7 Å². The number of hydrogen-bond donors (Lipinski definition) is 1. The zero-order valence-corrected chi connectivity index (χ0v) is 9.73. The maximum absolute atomic E-state index is 13.0. The molecule has 17 heavy (non-hydrogen) atoms. The third-order valence-electron chi connectivity index (χ3n) is 2.22. The molecule has 0 saturated carbocycles. The van der Waals surface area contributed by atoms with Crippen molar-refractivity contribution in [2.75, 3.05) is 19.8 Å². The second kappa shape index (κ2) is 6.85. The summed E-state index contributed by atoms with van der Waals surface area (Å²) in [6.45, 7) is 2.32. The van der Waals surface area contributed by atoms with Crippen molar-refractivity contribution in [3.8, 4) is 0 Å². The van der Waals surface area contributed by atoms with Crippen molar-refractivity contribution in [1.82, 2.24) is 4.90 Å². The van der Waals surface area contributed by atoms with Gasteiger partial charge in [-0.05, 0) is 24.6 Å². The van der Waals surface area contributed by atoms with E-state index < -0.39 is 6.09 Å². The Hall–Kier alpha value is -1.62. The van der Waals surface area contributed by atoms with Gasteiger partial charge in [0.15, 0.2) is 0 Å². The molecule has 0 radical (unpaired) electrons. The number of carbonyl (C=O) groups excluding carboxylic acids is 1. The van der Waals surface area contributed by atoms with E-state index in [4.69, 9.17) is 9.84 Å². The Kier molecular flexibility index (Phi) is 5.42. The fourth-order valence-electron chi connectivity index (χ4n) is 1.39. The Morgan fingerprint density at radius 1 is 1.53 bits per heavy atom. The van der Waals surface area contributed by atoms with Crippen molar-refractivity contribution in [3.05, 3.63) is 35.6 Å². The number of nitrogens with zero attached hydrogens (tertiary/aromatic N) is 1. The zero-order valence-electron chi connectivity index (χ0n) is 9.73. The first-order chi connectivity index (χ1) is 8.17. The number of ether oxygens (including phenoxy) is 1. The van der Waals surface area contributed by atoms with Gasteiger partial charge >= 0.3 is 6.09 Å². The fraction of sp³-hybridized carbons (Fsp3) is 0.417. The molecule has 4 nitrogen and oxygen atoms in total. The summed E-state index contributed by atoms with van der Waals surface area (Å²) in [6.07, 6.45) is -0.509. The van der Waals surface area contributed by atoms with Gasteiger partial charge < -0.3 is 14.7 Å². The molecule has 0 aromatic heterocycles. The van der Waals surface area contributed by atoms with Crippen LogP contribution in [-0.2, 0) is 11.3 Å². The predicted molar refractivity (Wildman–Crippen MR) is 60.9 cm³/mol. The predicted octanol–water partition coefficient (Wildman–Crippen LogP) is 1.78. The number of amides is 1. The van der Waals surface area contributed by atoms with E-state index in [1.165, 1.54) is 17.0 Å². The lowest BCUT2D eigenvalue weighted by atomic mass is 10.2. The number of aliphatic hydroxyl groups is 1. The fourth-order valence-corrected chi connectivity index (χ4v) is 1.39. The van der Waals surface area contributed by atoms with Crippen molar-refractivity contribution >= 4 is 6.09 Å². The van der Waals surface area contributed by atoms with Crippen LogP contribution in [0.3, 0.4) is 0 Å². The summed E-state index contributed by atoms with van der Waals surface area (Å²) in [5.74, 6) is -0.331. The van der Waals surface area contributed by atoms with E-state index >= 15 is 0 Å². The maximum Gasteiger partial charge on any atom is 0.410 e. The average Bonchev–Trinajstić information content (AvgIpc) is 2.33. The molecule has 0 bridgehead atoms. The van der Waals surface area contributed by atoms with Crippen molar-refractivity contribution < 1.29 is 19.0 Å². The molecule has 1 rings (SSSR count). The number of hydrogen-bond acceptors (Lipinski definition) is 3. The highest BCUT2D eigenvalue weighted by Gasteiger charge is 2.13. The second-order valence-electron chi connectivity index (χ2n) is 3.48. The molecule has 5 heteroatoms. The molecule has 0 unspecified atom stereocenters. The molecule has 1 N–H and O–H groups in total. The van der Waals surface area contributed by atoms with Crippen LogP contribution in [0.2, 0.25) is 0 Å². The lowest BCUT2D eigenvalue weighted by Crippen LogP contribution is -2.31. The summed E-state index contributed by atoms with van der Waals surface area (Å²) >= 11 is 0. The Balaban J connectivity index is 2.60. The number of benzene rings is 1. The van der Waals surface area contributed by atoms with E-state index in [0.717, 1.165) is 0 Å². The number of aliphatic hydroxyl groups excluding tert-OH is 1. The summed E-state index contributed by atoms with van der Waals surface area (Å²) in [5, 5.41) is 8.55. The minimum absolute atomic E-state index is 0.0293. The summed E-state index contributed by atoms with van der Waals surface area (Å²) in [6, 6.07) is 6.06. The van der Waals surface area contributed by atoms with Gasteiger partial charge in [0.1, 0.15) is 12.4 Å². The van der Waals surface area contributed by atoms with Gasteiger partial charge in [-0.1, -0.05) is 12.1 Å². The van der Waals surface area contributed by atoms with Crippen LogP contribution in [0.1, 0.15) is 12.5 Å². The van der Waals surface area contributed by atoms with Crippen LogP contribution in [-0.4, -0.2) is 35.9 Å². The van der Waals surface area contributed by atoms with Crippen molar-refractivity contribution in [2.45, 2.75) is 13.5 Å². The van der Waals surface area contributed by atoms with Crippen LogP contribution >= 0.6 is 0 Å². The Bertz CT molecular complexity index is 371. The quantitative estimate of drug-likeness (QED) is 0.854. The van der Waals surface area contributed by atoms with E-state index in [2.05, 4.69) is 0 Å². The van der Waals surface area contributed by atoms with Crippen LogP contribution < -0.4 is 0 Å². The number of halogens is 1. The minimum Gasteiger partial charge on any atom is -0.447 e. The Morgan fingerprint density at radius 3 is 2.88 bits per heavy atom. The van der Waals surface area contributed by atoms with Gasteiger partial charge in [-0.15, -0.1) is 0 Å². The molecule has 0 aliphatic rings. The molecule has 1 amide bonds. The Morgan fingerprint density at radius 2 is 2.29 bits per heavy atom. The molecular formula is C12H16FNO3. The topological polar surface area (TPSA) is 49.8 Å². The normalized spacial score (nSPS) is 10.1. The van der Waals surface area contributed by atoms with Crippen LogP contribution in [0.15, 0.2) is 24.3 Å². The van der Waals surface area contributed by atoms with Crippen LogP contribution in [0, 0.1) is 5.82 Å². The van der Waals surface area contributed by atoms with Crippen molar-refractivity contribution in [1.29, 1.82) is 0 Å². The van der Waals surface area contributed by atoms with E-state index in [-0.39, 0.29) is 19.0 Å². The molecule has 1 aromatic rings. The van der Waals surface area contributed by atoms with Crippen LogP contribution in [0.4, 0.5) is 9.18 Å². The highest BCUT2D eigenvalue weighted by Crippen LogP contribution is 2.08. The highest BCUT2D eigenvalue weighted by molar-refractivity contribution is 5.67. The molecule has 0 atom stereocenters. The smallest absolute Gasteiger partial charge is 0.410 e. The first-order valence-corrected chi connectivity index (χ1v) is 5.44. The molecular weight excluding hydrogens is 225 g/mol. The SMILES string of the molecule is CCN(Cc1cccc(F)c1)C(=O)OCCO. The monoisotopic (exact) mass is 241 g/mol. The first-order valence-electron chi connectivity index (χ1n) is 5.44. The summed E-state index contributed by atoms with van der Waals surface area (Å²) in [5.41, 5.74) is 0.702. The number of rotatable bonds is 5. The van der Waals surface area contributed by atoms with Gasteiger partial charge in [-0.25, -0.2) is 9.18 Å². The summed E-state index contributed by atoms with van der Waals surface area (Å²) in [4.78, 5) is 13.0. The van der Waals surface area contributed by atoms with Gasteiger partial charge in [-0.2, -0.15) is 0 Å². The second-order valence-corrected chi connectivity index (χ2v) is 3.48. The molecule has 0 heterocycles. The lowest BCUT2D eigenvalue weighted by Gasteiger charge is -2.20. The standard InChI is InChI=1S/C12H16FNO3/c1-2-14(12(16)17-7-6-15)9-10-4-3-5-11(13)8-10/h3-5,8,15H,2,6-7,9H2,1H3. The third-order valence-corrected chi connectivity index (χ3v) is 2.22. The van der Waals surface area contributed by atoms with E-state index in [1.807, 2.05) is 0 Å². The van der Waals surface area contributed by atoms with Crippen LogP contribution in [0.5, 0.6) is 0 Å². The van der Waals surface area contributed by atoms with Crippen molar-refractivity contribution in [2.24, 2.45) is 0 Å². The van der Waals surface area contributed by atoms with E-state index in [9.17, 15) is 9.18 Å². The summed E-state index contributed by atoms with van der Waals surface area (Å²) in [7, 11) is 0. The molecule has 0 aliphatic carbocycles. The molecule has 0 saturated heterocycles. The maximum atomic E-state index is 13.0. The molecule has 94 valence electrons. The molecule has 0 spiro atoms. The minimum atomic E-state index is -0.509. The van der Waals surface area contributed by atoms with Gasteiger partial charge in [0, 0.05) is 13.1 Å². The first kappa shape index (κ1) is 13.4. The van der Waals surface area contributed by atoms with Gasteiger partial charge in [0.05, 0.1) is 6.61 Å². The van der Waals surface area contributed by atoms with Crippen molar-refractivity contribution in [3.63, 3.8) is 0 Å². The van der Waals surface area contributed by atoms with Gasteiger partial charge in [0.25, 0.3) is 0 Å². The van der Waals surface area contributed by atoms with Gasteiger partial charge in [-0.3, -0.25) is 0 Å². The lowest BCUT2D eigenvalue weighted by molar-refractivity contribution is 0.0836. The average molecular weight is 241 g/mol. The zero-order chi connectivity index (χ0) is 12.7. The molecule has 0 fully saturated rings. The molecule has 0 aliphatic heterocycles. The summed E-state index contributed by atoms with van der Waals surface area (Å²) < 4.78 is 17.7. The third kappa shape index (κ3) is 4.40. The Labute approximate surface area is 99.6 Å². The molecule has 1 aromatic carbocycles. The number of carbonyl (C=O) groups is 1. The largest absolute Gasteiger partial charge is 0.447 e. The van der Waals surface area contributed by atoms with E-state index in [1.54, 1.807) is 19.1 Å². The van der Waals surface area contributed by atoms with Crippen LogP contribution in [0.25, 0.3) is 0 Å². The highest BCUT2D eigenvalue weighted by atomic mass is 19.1.